The van der Waals surface area contributed by atoms with Crippen molar-refractivity contribution in [3.05, 3.63) is 34.9 Å². The highest BCUT2D eigenvalue weighted by atomic mass is 35.5. The van der Waals surface area contributed by atoms with Crippen molar-refractivity contribution in [3.63, 3.8) is 0 Å². The highest BCUT2D eigenvalue weighted by Gasteiger charge is 2.40. The molecule has 1 aromatic rings. The molecule has 5 nitrogen and oxygen atoms in total. The third kappa shape index (κ3) is 4.09. The summed E-state index contributed by atoms with van der Waals surface area (Å²) >= 11 is 6.00. The van der Waals surface area contributed by atoms with E-state index in [0.29, 0.717) is 17.1 Å². The van der Waals surface area contributed by atoms with Gasteiger partial charge in [0.1, 0.15) is 0 Å². The minimum absolute atomic E-state index is 0.0323. The van der Waals surface area contributed by atoms with Crippen LogP contribution >= 0.6 is 11.6 Å². The average molecular weight is 352 g/mol. The Morgan fingerprint density at radius 2 is 1.96 bits per heavy atom. The number of piperidine rings is 1. The molecule has 1 N–H and O–H groups in total. The second-order valence-corrected chi connectivity index (χ2v) is 7.26. The Bertz CT molecular complexity index is 567. The second-order valence-electron chi connectivity index (χ2n) is 6.82. The lowest BCUT2D eigenvalue weighted by Crippen LogP contribution is -2.62. The summed E-state index contributed by atoms with van der Waals surface area (Å²) in [6.45, 7) is 6.23. The lowest BCUT2D eigenvalue weighted by Gasteiger charge is -2.49. The predicted octanol–water partition coefficient (Wildman–Crippen LogP) is 1.87. The van der Waals surface area contributed by atoms with Crippen LogP contribution in [-0.4, -0.2) is 74.2 Å². The van der Waals surface area contributed by atoms with Gasteiger partial charge < -0.3 is 15.0 Å². The number of benzene rings is 1. The molecular formula is C18H26ClN3O2. The third-order valence-electron chi connectivity index (χ3n) is 5.26. The van der Waals surface area contributed by atoms with Gasteiger partial charge in [0, 0.05) is 35.8 Å². The van der Waals surface area contributed by atoms with Crippen molar-refractivity contribution < 1.29 is 9.53 Å². The van der Waals surface area contributed by atoms with Gasteiger partial charge in [0.15, 0.2) is 0 Å². The monoisotopic (exact) mass is 351 g/mol. The largest absolute Gasteiger partial charge is 0.379 e. The number of hydrogen-bond donors (Lipinski definition) is 1. The Labute approximate surface area is 148 Å². The maximum atomic E-state index is 12.5. The van der Waals surface area contributed by atoms with E-state index in [4.69, 9.17) is 16.3 Å². The lowest BCUT2D eigenvalue weighted by molar-refractivity contribution is -0.0439. The minimum atomic E-state index is -0.0518. The van der Waals surface area contributed by atoms with Crippen LogP contribution in [0, 0.1) is 0 Å². The highest BCUT2D eigenvalue weighted by molar-refractivity contribution is 6.30. The first kappa shape index (κ1) is 17.7. The molecule has 0 atom stereocenters. The fourth-order valence-corrected chi connectivity index (χ4v) is 3.84. The maximum Gasteiger partial charge on any atom is 0.251 e. The van der Waals surface area contributed by atoms with Crippen molar-refractivity contribution >= 4 is 17.5 Å². The summed E-state index contributed by atoms with van der Waals surface area (Å²) in [5.74, 6) is -0.0518. The van der Waals surface area contributed by atoms with Gasteiger partial charge in [-0.3, -0.25) is 9.69 Å². The summed E-state index contributed by atoms with van der Waals surface area (Å²) < 4.78 is 5.51. The van der Waals surface area contributed by atoms with Gasteiger partial charge >= 0.3 is 0 Å². The molecule has 3 rings (SSSR count). The molecule has 0 aliphatic carbocycles. The SMILES string of the molecule is CN1CCC(CNC(=O)c2cccc(Cl)c2)(N2CCOCC2)CC1. The van der Waals surface area contributed by atoms with E-state index in [9.17, 15) is 4.79 Å². The standard InChI is InChI=1S/C18H26ClN3O2/c1-21-7-5-18(6-8-21,22-9-11-24-12-10-22)14-20-17(23)15-3-2-4-16(19)13-15/h2-4,13H,5-12,14H2,1H3,(H,20,23). The van der Waals surface area contributed by atoms with Crippen molar-refractivity contribution in [2.24, 2.45) is 0 Å². The van der Waals surface area contributed by atoms with E-state index < -0.39 is 0 Å². The number of ether oxygens (including phenoxy) is 1. The smallest absolute Gasteiger partial charge is 0.251 e. The van der Waals surface area contributed by atoms with Crippen molar-refractivity contribution in [1.29, 1.82) is 0 Å². The molecule has 6 heteroatoms. The number of nitrogens with one attached hydrogen (secondary N) is 1. The Hall–Kier alpha value is -1.14. The molecule has 24 heavy (non-hydrogen) atoms. The first-order chi connectivity index (χ1) is 11.6. The number of morpholine rings is 1. The molecular weight excluding hydrogens is 326 g/mol. The van der Waals surface area contributed by atoms with Gasteiger partial charge in [-0.25, -0.2) is 0 Å². The van der Waals surface area contributed by atoms with Crippen LogP contribution in [0.5, 0.6) is 0 Å². The number of hydrogen-bond acceptors (Lipinski definition) is 4. The summed E-state index contributed by atoms with van der Waals surface area (Å²) in [7, 11) is 2.16. The number of rotatable bonds is 4. The number of halogens is 1. The summed E-state index contributed by atoms with van der Waals surface area (Å²) in [5.41, 5.74) is 0.650. The van der Waals surface area contributed by atoms with Gasteiger partial charge in [0.05, 0.1) is 13.2 Å². The zero-order valence-electron chi connectivity index (χ0n) is 14.3. The number of likely N-dealkylation sites (tertiary alicyclic amines) is 1. The quantitative estimate of drug-likeness (QED) is 0.899. The van der Waals surface area contributed by atoms with E-state index in [1.54, 1.807) is 18.2 Å². The molecule has 0 spiro atoms. The average Bonchev–Trinajstić information content (AvgIpc) is 2.62. The van der Waals surface area contributed by atoms with Gasteiger partial charge in [0.25, 0.3) is 5.91 Å². The van der Waals surface area contributed by atoms with Crippen molar-refractivity contribution in [2.75, 3.05) is 53.0 Å². The van der Waals surface area contributed by atoms with Crippen LogP contribution in [0.2, 0.25) is 5.02 Å². The zero-order valence-corrected chi connectivity index (χ0v) is 15.0. The highest BCUT2D eigenvalue weighted by Crippen LogP contribution is 2.29. The van der Waals surface area contributed by atoms with Crippen molar-refractivity contribution in [3.8, 4) is 0 Å². The summed E-state index contributed by atoms with van der Waals surface area (Å²) in [5, 5.41) is 3.74. The van der Waals surface area contributed by atoms with Crippen LogP contribution in [0.25, 0.3) is 0 Å². The van der Waals surface area contributed by atoms with E-state index >= 15 is 0 Å². The lowest BCUT2D eigenvalue weighted by atomic mass is 9.85. The second kappa shape index (κ2) is 7.83. The fourth-order valence-electron chi connectivity index (χ4n) is 3.65. The first-order valence-electron chi connectivity index (χ1n) is 8.64. The molecule has 1 aromatic carbocycles. The van der Waals surface area contributed by atoms with E-state index in [-0.39, 0.29) is 11.4 Å². The normalized spacial score (nSPS) is 22.2. The van der Waals surface area contributed by atoms with E-state index in [1.807, 2.05) is 6.07 Å². The first-order valence-corrected chi connectivity index (χ1v) is 9.02. The Morgan fingerprint density at radius 1 is 1.25 bits per heavy atom. The van der Waals surface area contributed by atoms with Gasteiger partial charge in [-0.2, -0.15) is 0 Å². The molecule has 2 heterocycles. The third-order valence-corrected chi connectivity index (χ3v) is 5.50. The number of carbonyl (C=O) groups is 1. The Morgan fingerprint density at radius 3 is 2.62 bits per heavy atom. The fraction of sp³-hybridized carbons (Fsp3) is 0.611. The molecule has 1 amide bonds. The summed E-state index contributed by atoms with van der Waals surface area (Å²) in [4.78, 5) is 17.4. The van der Waals surface area contributed by atoms with Crippen molar-refractivity contribution in [1.82, 2.24) is 15.1 Å². The van der Waals surface area contributed by atoms with Crippen LogP contribution in [0.4, 0.5) is 0 Å². The Kier molecular flexibility index (Phi) is 5.76. The minimum Gasteiger partial charge on any atom is -0.379 e. The van der Waals surface area contributed by atoms with Crippen molar-refractivity contribution in [2.45, 2.75) is 18.4 Å². The zero-order chi connectivity index (χ0) is 17.0. The number of amides is 1. The molecule has 0 saturated carbocycles. The summed E-state index contributed by atoms with van der Waals surface area (Å²) in [6, 6.07) is 7.11. The van der Waals surface area contributed by atoms with Crippen LogP contribution in [0.15, 0.2) is 24.3 Å². The molecule has 132 valence electrons. The van der Waals surface area contributed by atoms with Gasteiger partial charge in [0.2, 0.25) is 0 Å². The molecule has 2 aliphatic rings. The van der Waals surface area contributed by atoms with Crippen LogP contribution in [0.3, 0.4) is 0 Å². The van der Waals surface area contributed by atoms with Gasteiger partial charge in [-0.05, 0) is 51.2 Å². The molecule has 0 aromatic heterocycles. The maximum absolute atomic E-state index is 12.5. The van der Waals surface area contributed by atoms with E-state index in [1.165, 1.54) is 0 Å². The van der Waals surface area contributed by atoms with Crippen LogP contribution in [-0.2, 0) is 4.74 Å². The molecule has 0 bridgehead atoms. The van der Waals surface area contributed by atoms with Crippen LogP contribution < -0.4 is 5.32 Å². The molecule has 2 aliphatic heterocycles. The van der Waals surface area contributed by atoms with Crippen LogP contribution in [0.1, 0.15) is 23.2 Å². The predicted molar refractivity (Wildman–Crippen MR) is 95.6 cm³/mol. The van der Waals surface area contributed by atoms with Gasteiger partial charge in [-0.1, -0.05) is 17.7 Å². The molecule has 2 fully saturated rings. The number of carbonyl (C=O) groups excluding carboxylic acids is 1. The molecule has 0 unspecified atom stereocenters. The summed E-state index contributed by atoms with van der Waals surface area (Å²) in [6.07, 6.45) is 2.14. The number of nitrogens with zero attached hydrogens (tertiary/aromatic N) is 2. The van der Waals surface area contributed by atoms with E-state index in [2.05, 4.69) is 22.2 Å². The Balaban J connectivity index is 1.68. The topological polar surface area (TPSA) is 44.8 Å². The van der Waals surface area contributed by atoms with Gasteiger partial charge in [-0.15, -0.1) is 0 Å². The molecule has 0 radical (unpaired) electrons. The molecule has 2 saturated heterocycles. The van der Waals surface area contributed by atoms with E-state index in [0.717, 1.165) is 52.2 Å².